The molecule has 1 aromatic carbocycles. The largest absolute Gasteiger partial charge is 0.573 e. The molecule has 0 spiro atoms. The molecule has 2 atom stereocenters. The highest BCUT2D eigenvalue weighted by Crippen LogP contribution is 2.27. The summed E-state index contributed by atoms with van der Waals surface area (Å²) in [4.78, 5) is 14.6. The van der Waals surface area contributed by atoms with Crippen LogP contribution in [0.4, 0.5) is 13.2 Å². The second-order valence-corrected chi connectivity index (χ2v) is 7.00. The van der Waals surface area contributed by atoms with E-state index in [2.05, 4.69) is 15.0 Å². The predicted molar refractivity (Wildman–Crippen MR) is 100 cm³/mol. The highest BCUT2D eigenvalue weighted by Gasteiger charge is 2.32. The number of nitrogens with one attached hydrogen (secondary N) is 1. The number of halogens is 3. The smallest absolute Gasteiger partial charge is 0.405 e. The lowest BCUT2D eigenvalue weighted by molar-refractivity contribution is -0.274. The zero-order valence-electron chi connectivity index (χ0n) is 16.0. The summed E-state index contributed by atoms with van der Waals surface area (Å²) >= 11 is 0. The summed E-state index contributed by atoms with van der Waals surface area (Å²) in [5.41, 5.74) is 0.175. The van der Waals surface area contributed by atoms with E-state index in [0.29, 0.717) is 32.3 Å². The molecule has 29 heavy (non-hydrogen) atoms. The zero-order chi connectivity index (χ0) is 20.7. The van der Waals surface area contributed by atoms with Crippen molar-refractivity contribution in [1.82, 2.24) is 10.2 Å². The number of ether oxygens (including phenoxy) is 3. The van der Waals surface area contributed by atoms with E-state index < -0.39 is 6.36 Å². The minimum atomic E-state index is -4.79. The van der Waals surface area contributed by atoms with Gasteiger partial charge in [0.15, 0.2) is 0 Å². The molecular weight excluding hydrogens is 389 g/mol. The van der Waals surface area contributed by atoms with E-state index in [9.17, 15) is 18.0 Å². The van der Waals surface area contributed by atoms with Gasteiger partial charge in [-0.25, -0.2) is 0 Å². The molecule has 2 aliphatic heterocycles. The maximum Gasteiger partial charge on any atom is 0.573 e. The Morgan fingerprint density at radius 1 is 1.24 bits per heavy atom. The van der Waals surface area contributed by atoms with E-state index in [-0.39, 0.29) is 23.3 Å². The third-order valence-corrected chi connectivity index (χ3v) is 5.07. The molecule has 0 bridgehead atoms. The van der Waals surface area contributed by atoms with Gasteiger partial charge in [0.1, 0.15) is 5.75 Å². The van der Waals surface area contributed by atoms with Crippen LogP contribution in [0.15, 0.2) is 30.3 Å². The number of alkyl halides is 3. The lowest BCUT2D eigenvalue weighted by Crippen LogP contribution is -2.52. The first-order valence-electron chi connectivity index (χ1n) is 9.62. The quantitative estimate of drug-likeness (QED) is 0.695. The Morgan fingerprint density at radius 2 is 2.00 bits per heavy atom. The predicted octanol–water partition coefficient (Wildman–Crippen LogP) is 2.45. The van der Waals surface area contributed by atoms with Crippen LogP contribution < -0.4 is 10.1 Å². The minimum Gasteiger partial charge on any atom is -0.405 e. The highest BCUT2D eigenvalue weighted by molar-refractivity contribution is 5.92. The van der Waals surface area contributed by atoms with Gasteiger partial charge in [0, 0.05) is 49.8 Å². The monoisotopic (exact) mass is 414 g/mol. The summed E-state index contributed by atoms with van der Waals surface area (Å²) < 4.78 is 52.4. The van der Waals surface area contributed by atoms with Crippen molar-refractivity contribution in [3.63, 3.8) is 0 Å². The van der Waals surface area contributed by atoms with Crippen LogP contribution in [-0.2, 0) is 14.3 Å². The standard InChI is InChI=1S/C20H25F3N2O4/c21-20(22,23)29-18-4-2-1-3-15(18)5-6-19(26)24-13-17(16-7-10-28-14-16)25-8-11-27-12-9-25/h1-6,16-17H,7-14H2,(H,24,26)/b6-5+. The van der Waals surface area contributed by atoms with Crippen LogP contribution in [0.25, 0.3) is 6.08 Å². The summed E-state index contributed by atoms with van der Waals surface area (Å²) in [6.07, 6.45) is -1.31. The molecule has 1 N–H and O–H groups in total. The number of amides is 1. The number of rotatable bonds is 7. The maximum atomic E-state index is 12.5. The van der Waals surface area contributed by atoms with E-state index in [4.69, 9.17) is 9.47 Å². The summed E-state index contributed by atoms with van der Waals surface area (Å²) in [6.45, 7) is 4.75. The Labute approximate surface area is 167 Å². The maximum absolute atomic E-state index is 12.5. The molecule has 0 aliphatic carbocycles. The fourth-order valence-corrected chi connectivity index (χ4v) is 3.62. The third kappa shape index (κ3) is 6.73. The van der Waals surface area contributed by atoms with E-state index in [1.165, 1.54) is 30.4 Å². The molecule has 2 unspecified atom stereocenters. The van der Waals surface area contributed by atoms with Crippen molar-refractivity contribution in [2.75, 3.05) is 46.1 Å². The lowest BCUT2D eigenvalue weighted by atomic mass is 9.97. The SMILES string of the molecule is O=C(/C=C/c1ccccc1OC(F)(F)F)NCC(C1CCOC1)N1CCOCC1. The molecule has 9 heteroatoms. The second-order valence-electron chi connectivity index (χ2n) is 7.00. The van der Waals surface area contributed by atoms with Crippen molar-refractivity contribution in [3.8, 4) is 5.75 Å². The number of para-hydroxylation sites is 1. The Kier molecular flexibility index (Phi) is 7.51. The lowest BCUT2D eigenvalue weighted by Gasteiger charge is -2.37. The zero-order valence-corrected chi connectivity index (χ0v) is 16.0. The van der Waals surface area contributed by atoms with Gasteiger partial charge < -0.3 is 19.5 Å². The molecular formula is C20H25F3N2O4. The Balaban J connectivity index is 1.59. The van der Waals surface area contributed by atoms with E-state index in [0.717, 1.165) is 26.1 Å². The number of hydrogen-bond donors (Lipinski definition) is 1. The number of carbonyl (C=O) groups excluding carboxylic acids is 1. The molecule has 1 amide bonds. The summed E-state index contributed by atoms with van der Waals surface area (Å²) in [5.74, 6) is -0.388. The fraction of sp³-hybridized carbons (Fsp3) is 0.550. The molecule has 1 aromatic rings. The van der Waals surface area contributed by atoms with Crippen molar-refractivity contribution < 1.29 is 32.2 Å². The average molecular weight is 414 g/mol. The van der Waals surface area contributed by atoms with E-state index in [1.54, 1.807) is 6.07 Å². The molecule has 2 saturated heterocycles. The number of hydrogen-bond acceptors (Lipinski definition) is 5. The summed E-state index contributed by atoms with van der Waals surface area (Å²) in [6, 6.07) is 5.82. The normalized spacial score (nSPS) is 22.0. The van der Waals surface area contributed by atoms with Crippen molar-refractivity contribution >= 4 is 12.0 Å². The fourth-order valence-electron chi connectivity index (χ4n) is 3.62. The van der Waals surface area contributed by atoms with Crippen LogP contribution >= 0.6 is 0 Å². The molecule has 2 fully saturated rings. The van der Waals surface area contributed by atoms with Gasteiger partial charge in [-0.3, -0.25) is 9.69 Å². The first kappa shape index (κ1) is 21.6. The van der Waals surface area contributed by atoms with Gasteiger partial charge >= 0.3 is 6.36 Å². The van der Waals surface area contributed by atoms with Gasteiger partial charge in [-0.15, -0.1) is 13.2 Å². The number of carbonyl (C=O) groups is 1. The molecule has 0 aromatic heterocycles. The summed E-state index contributed by atoms with van der Waals surface area (Å²) in [5, 5.41) is 2.87. The molecule has 160 valence electrons. The highest BCUT2D eigenvalue weighted by atomic mass is 19.4. The van der Waals surface area contributed by atoms with Gasteiger partial charge in [-0.2, -0.15) is 0 Å². The first-order valence-corrected chi connectivity index (χ1v) is 9.62. The van der Waals surface area contributed by atoms with Gasteiger partial charge in [0.25, 0.3) is 0 Å². The van der Waals surface area contributed by atoms with Crippen LogP contribution in [0.5, 0.6) is 5.75 Å². The molecule has 6 nitrogen and oxygen atoms in total. The molecule has 2 heterocycles. The van der Waals surface area contributed by atoms with E-state index in [1.807, 2.05) is 0 Å². The van der Waals surface area contributed by atoms with Crippen LogP contribution in [0.2, 0.25) is 0 Å². The van der Waals surface area contributed by atoms with Crippen LogP contribution in [-0.4, -0.2) is 69.3 Å². The van der Waals surface area contributed by atoms with Crippen LogP contribution in [0, 0.1) is 5.92 Å². The Morgan fingerprint density at radius 3 is 2.69 bits per heavy atom. The molecule has 2 aliphatic rings. The molecule has 0 radical (unpaired) electrons. The number of benzene rings is 1. The molecule has 0 saturated carbocycles. The van der Waals surface area contributed by atoms with Crippen LogP contribution in [0.1, 0.15) is 12.0 Å². The second kappa shape index (κ2) is 10.1. The Bertz CT molecular complexity index is 699. The Hall–Kier alpha value is -2.10. The number of nitrogens with zero attached hydrogens (tertiary/aromatic N) is 1. The van der Waals surface area contributed by atoms with Gasteiger partial charge in [-0.1, -0.05) is 18.2 Å². The topological polar surface area (TPSA) is 60.0 Å². The van der Waals surface area contributed by atoms with E-state index >= 15 is 0 Å². The van der Waals surface area contributed by atoms with Gasteiger partial charge in [0.05, 0.1) is 19.8 Å². The van der Waals surface area contributed by atoms with Crippen LogP contribution in [0.3, 0.4) is 0 Å². The summed E-state index contributed by atoms with van der Waals surface area (Å²) in [7, 11) is 0. The number of morpholine rings is 1. The third-order valence-electron chi connectivity index (χ3n) is 5.07. The van der Waals surface area contributed by atoms with Gasteiger partial charge in [-0.05, 0) is 18.6 Å². The van der Waals surface area contributed by atoms with Crippen molar-refractivity contribution in [2.45, 2.75) is 18.8 Å². The van der Waals surface area contributed by atoms with Gasteiger partial charge in [0.2, 0.25) is 5.91 Å². The first-order chi connectivity index (χ1) is 13.9. The minimum absolute atomic E-state index is 0.139. The molecule has 3 rings (SSSR count). The van der Waals surface area contributed by atoms with Crippen molar-refractivity contribution in [2.24, 2.45) is 5.92 Å². The van der Waals surface area contributed by atoms with Crippen molar-refractivity contribution in [3.05, 3.63) is 35.9 Å². The average Bonchev–Trinajstić information content (AvgIpc) is 3.22. The van der Waals surface area contributed by atoms with Crippen molar-refractivity contribution in [1.29, 1.82) is 0 Å².